The van der Waals surface area contributed by atoms with Gasteiger partial charge in [0.25, 0.3) is 0 Å². The first-order chi connectivity index (χ1) is 20.4. The molecular weight excluding hydrogens is 552 g/mol. The van der Waals surface area contributed by atoms with Gasteiger partial charge >= 0.3 is 0 Å². The zero-order chi connectivity index (χ0) is 29.9. The van der Waals surface area contributed by atoms with E-state index < -0.39 is 24.2 Å². The van der Waals surface area contributed by atoms with E-state index in [1.54, 1.807) is 23.1 Å². The van der Waals surface area contributed by atoms with Gasteiger partial charge in [-0.3, -0.25) is 9.59 Å². The number of ether oxygens (including phenoxy) is 1. The molecule has 8 heteroatoms. The van der Waals surface area contributed by atoms with Crippen molar-refractivity contribution >= 4 is 23.4 Å². The number of unbranched alkanes of at least 4 members (excludes halogenated alkanes) is 8. The minimum Gasteiger partial charge on any atom is -0.486 e. The molecule has 2 aromatic rings. The fourth-order valence-electron chi connectivity index (χ4n) is 6.07. The van der Waals surface area contributed by atoms with E-state index in [9.17, 15) is 19.8 Å². The van der Waals surface area contributed by atoms with Crippen molar-refractivity contribution in [2.45, 2.75) is 102 Å². The molecule has 1 aliphatic heterocycles. The number of nitrogens with zero attached hydrogens (tertiary/aromatic N) is 1. The highest BCUT2D eigenvalue weighted by Gasteiger charge is 2.50. The van der Waals surface area contributed by atoms with Crippen LogP contribution in [0, 0.1) is 0 Å². The van der Waals surface area contributed by atoms with Gasteiger partial charge < -0.3 is 25.2 Å². The second-order valence-electron chi connectivity index (χ2n) is 11.4. The summed E-state index contributed by atoms with van der Waals surface area (Å²) < 4.78 is 6.22. The van der Waals surface area contributed by atoms with Crippen LogP contribution < -0.4 is 10.1 Å². The van der Waals surface area contributed by atoms with Gasteiger partial charge in [-0.1, -0.05) is 100 Å². The molecule has 0 unspecified atom stereocenters. The number of carbonyl (C=O) groups is 2. The van der Waals surface area contributed by atoms with Crippen molar-refractivity contribution in [1.82, 2.24) is 10.2 Å². The van der Waals surface area contributed by atoms with Crippen LogP contribution in [0.2, 0.25) is 5.02 Å². The van der Waals surface area contributed by atoms with Crippen LogP contribution in [0.25, 0.3) is 0 Å². The second kappa shape index (κ2) is 16.1. The van der Waals surface area contributed by atoms with E-state index in [4.69, 9.17) is 16.3 Å². The minimum atomic E-state index is -1.05. The van der Waals surface area contributed by atoms with E-state index in [-0.39, 0.29) is 31.5 Å². The molecule has 0 fully saturated rings. The molecule has 42 heavy (non-hydrogen) atoms. The number of halogens is 1. The quantitative estimate of drug-likeness (QED) is 0.209. The molecule has 0 spiro atoms. The van der Waals surface area contributed by atoms with Crippen molar-refractivity contribution in [3.05, 3.63) is 76.3 Å². The molecule has 2 aliphatic rings. The van der Waals surface area contributed by atoms with Crippen molar-refractivity contribution in [2.24, 2.45) is 0 Å². The number of para-hydroxylation sites is 1. The van der Waals surface area contributed by atoms with Crippen LogP contribution in [0.4, 0.5) is 0 Å². The third-order valence-corrected chi connectivity index (χ3v) is 8.57. The lowest BCUT2D eigenvalue weighted by Gasteiger charge is -2.41. The number of aliphatic hydroxyl groups excluding tert-OH is 2. The van der Waals surface area contributed by atoms with Crippen molar-refractivity contribution in [3.8, 4) is 5.75 Å². The number of fused-ring (bicyclic) bond motifs is 3. The van der Waals surface area contributed by atoms with Crippen LogP contribution in [-0.4, -0.2) is 58.3 Å². The summed E-state index contributed by atoms with van der Waals surface area (Å²) in [5.74, 6) is -0.263. The Hall–Kier alpha value is -2.87. The molecule has 0 aromatic heterocycles. The average molecular weight is 597 g/mol. The maximum Gasteiger partial charge on any atom is 0.247 e. The molecule has 2 aromatic carbocycles. The Morgan fingerprint density at radius 1 is 0.952 bits per heavy atom. The van der Waals surface area contributed by atoms with Gasteiger partial charge in [-0.25, -0.2) is 0 Å². The molecule has 0 saturated heterocycles. The predicted molar refractivity (Wildman–Crippen MR) is 165 cm³/mol. The molecule has 228 valence electrons. The number of rotatable bonds is 16. The Balaban J connectivity index is 1.54. The largest absolute Gasteiger partial charge is 0.486 e. The van der Waals surface area contributed by atoms with Crippen LogP contribution in [0.15, 0.2) is 60.2 Å². The number of hydrogen-bond donors (Lipinski definition) is 3. The summed E-state index contributed by atoms with van der Waals surface area (Å²) in [6.45, 7) is 2.41. The molecule has 1 aliphatic carbocycles. The lowest BCUT2D eigenvalue weighted by molar-refractivity contribution is -0.138. The lowest BCUT2D eigenvalue weighted by Crippen LogP contribution is -2.55. The maximum atomic E-state index is 13.8. The van der Waals surface area contributed by atoms with Crippen LogP contribution >= 0.6 is 11.6 Å². The third kappa shape index (κ3) is 8.15. The predicted octanol–water partition coefficient (Wildman–Crippen LogP) is 5.91. The first-order valence-corrected chi connectivity index (χ1v) is 15.9. The Kier molecular flexibility index (Phi) is 12.3. The molecule has 1 heterocycles. The number of benzene rings is 2. The van der Waals surface area contributed by atoms with Gasteiger partial charge in [0.2, 0.25) is 11.8 Å². The fraction of sp³-hybridized carbons (Fsp3) is 0.529. The molecule has 4 rings (SSSR count). The molecular formula is C34H45ClN2O5. The molecule has 0 radical (unpaired) electrons. The van der Waals surface area contributed by atoms with Gasteiger partial charge in [-0.05, 0) is 36.3 Å². The summed E-state index contributed by atoms with van der Waals surface area (Å²) in [6, 6.07) is 14.0. The Morgan fingerprint density at radius 3 is 2.31 bits per heavy atom. The summed E-state index contributed by atoms with van der Waals surface area (Å²) in [4.78, 5) is 28.9. The van der Waals surface area contributed by atoms with E-state index >= 15 is 0 Å². The molecule has 3 N–H and O–H groups in total. The molecule has 0 bridgehead atoms. The monoisotopic (exact) mass is 596 g/mol. The summed E-state index contributed by atoms with van der Waals surface area (Å²) in [7, 11) is 0. The average Bonchev–Trinajstić information content (AvgIpc) is 3.39. The zero-order valence-electron chi connectivity index (χ0n) is 24.6. The van der Waals surface area contributed by atoms with Gasteiger partial charge in [-0.2, -0.15) is 0 Å². The van der Waals surface area contributed by atoms with Gasteiger partial charge in [0, 0.05) is 35.7 Å². The lowest BCUT2D eigenvalue weighted by atomic mass is 9.77. The van der Waals surface area contributed by atoms with Crippen molar-refractivity contribution in [1.29, 1.82) is 0 Å². The normalized spacial score (nSPS) is 20.7. The summed E-state index contributed by atoms with van der Waals surface area (Å²) in [5.41, 5.74) is 2.14. The van der Waals surface area contributed by atoms with Gasteiger partial charge in [0.15, 0.2) is 0 Å². The van der Waals surface area contributed by atoms with Gasteiger partial charge in [0.1, 0.15) is 18.0 Å². The molecule has 7 nitrogen and oxygen atoms in total. The second-order valence-corrected chi connectivity index (χ2v) is 11.8. The minimum absolute atomic E-state index is 0.0720. The summed E-state index contributed by atoms with van der Waals surface area (Å²) >= 11 is 6.12. The molecule has 4 atom stereocenters. The molecule has 2 amide bonds. The SMILES string of the molecule is CCCCCCCCCCCC(=O)N(Cc1ccc(Cl)cc1)[C@@H]1C=C(C(=O)NCCO)[C@@H]2c3ccccc3O[C@@H]2[C@H]1O. The Labute approximate surface area is 254 Å². The standard InChI is InChI=1S/C34H45ClN2O5/c1-2-3-4-5-6-7-8-9-10-15-30(39)37(23-24-16-18-25(35)19-17-24)28-22-27(34(41)36-20-21-38)31-26-13-11-12-14-29(26)42-33(31)32(28)40/h11-14,16-19,22,28,31-33,38,40H,2-10,15,20-21,23H2,1H3,(H,36,41)/t28-,31+,32+,33+/m1/s1. The van der Waals surface area contributed by atoms with E-state index in [1.807, 2.05) is 36.4 Å². The van der Waals surface area contributed by atoms with Crippen LogP contribution in [0.1, 0.15) is 88.2 Å². The fourth-order valence-corrected chi connectivity index (χ4v) is 6.19. The van der Waals surface area contributed by atoms with E-state index in [0.29, 0.717) is 22.8 Å². The van der Waals surface area contributed by atoms with Crippen molar-refractivity contribution in [3.63, 3.8) is 0 Å². The highest BCUT2D eigenvalue weighted by Crippen LogP contribution is 2.47. The van der Waals surface area contributed by atoms with Crippen molar-refractivity contribution in [2.75, 3.05) is 13.2 Å². The van der Waals surface area contributed by atoms with E-state index in [1.165, 1.54) is 38.5 Å². The van der Waals surface area contributed by atoms with Gasteiger partial charge in [-0.15, -0.1) is 0 Å². The topological polar surface area (TPSA) is 99.1 Å². The Bertz CT molecular complexity index is 1200. The van der Waals surface area contributed by atoms with Gasteiger partial charge in [0.05, 0.1) is 18.6 Å². The summed E-state index contributed by atoms with van der Waals surface area (Å²) in [6.07, 6.45) is 10.7. The number of amides is 2. The third-order valence-electron chi connectivity index (χ3n) is 8.32. The number of nitrogens with one attached hydrogen (secondary N) is 1. The molecule has 0 saturated carbocycles. The first kappa shape index (κ1) is 32.1. The zero-order valence-corrected chi connectivity index (χ0v) is 25.4. The smallest absolute Gasteiger partial charge is 0.247 e. The van der Waals surface area contributed by atoms with E-state index in [0.717, 1.165) is 30.4 Å². The van der Waals surface area contributed by atoms with E-state index in [2.05, 4.69) is 12.2 Å². The maximum absolute atomic E-state index is 13.8. The van der Waals surface area contributed by atoms with Crippen molar-refractivity contribution < 1.29 is 24.5 Å². The highest BCUT2D eigenvalue weighted by molar-refractivity contribution is 6.30. The number of carbonyl (C=O) groups excluding carboxylic acids is 2. The summed E-state index contributed by atoms with van der Waals surface area (Å²) in [5, 5.41) is 24.4. The number of hydrogen-bond acceptors (Lipinski definition) is 5. The first-order valence-electron chi connectivity index (χ1n) is 15.5. The Morgan fingerprint density at radius 2 is 1.62 bits per heavy atom. The number of aliphatic hydroxyl groups is 2. The van der Waals surface area contributed by atoms with Crippen LogP contribution in [0.3, 0.4) is 0 Å². The van der Waals surface area contributed by atoms with Crippen LogP contribution in [0.5, 0.6) is 5.75 Å². The van der Waals surface area contributed by atoms with Crippen LogP contribution in [-0.2, 0) is 16.1 Å². The highest BCUT2D eigenvalue weighted by atomic mass is 35.5.